The highest BCUT2D eigenvalue weighted by Crippen LogP contribution is 2.32. The summed E-state index contributed by atoms with van der Waals surface area (Å²) in [7, 11) is 0. The van der Waals surface area contributed by atoms with Gasteiger partial charge < -0.3 is 9.47 Å². The lowest BCUT2D eigenvalue weighted by molar-refractivity contribution is -0.138. The Bertz CT molecular complexity index is 929. The predicted molar refractivity (Wildman–Crippen MR) is 94.3 cm³/mol. The van der Waals surface area contributed by atoms with Gasteiger partial charge >= 0.3 is 0 Å². The number of likely N-dealkylation sites (tertiary alicyclic amines) is 1. The number of nitrogens with zero attached hydrogens (tertiary/aromatic N) is 3. The molecule has 3 aromatic heterocycles. The summed E-state index contributed by atoms with van der Waals surface area (Å²) in [5, 5.41) is 0. The molecule has 1 saturated heterocycles. The van der Waals surface area contributed by atoms with E-state index in [9.17, 15) is 9.18 Å². The van der Waals surface area contributed by atoms with Gasteiger partial charge in [0.25, 0.3) is 0 Å². The molecule has 7 heteroatoms. The fraction of sp³-hybridized carbons (Fsp3) is 0.294. The van der Waals surface area contributed by atoms with Crippen LogP contribution in [0.3, 0.4) is 0 Å². The van der Waals surface area contributed by atoms with Gasteiger partial charge in [-0.3, -0.25) is 9.78 Å². The molecule has 1 aliphatic rings. The molecular weight excluding hydrogens is 349 g/mol. The zero-order valence-corrected chi connectivity index (χ0v) is 14.6. The van der Waals surface area contributed by atoms with Crippen molar-refractivity contribution in [2.24, 2.45) is 0 Å². The quantitative estimate of drug-likeness (QED) is 0.707. The average molecular weight is 364 g/mol. The molecule has 3 aromatic rings. The van der Waals surface area contributed by atoms with Gasteiger partial charge in [-0.1, -0.05) is 11.6 Å². The summed E-state index contributed by atoms with van der Waals surface area (Å²) in [5.74, 6) is -0.0645. The maximum absolute atomic E-state index is 12.9. The second-order valence-electron chi connectivity index (χ2n) is 6.03. The molecule has 0 radical (unpaired) electrons. The lowest BCUT2D eigenvalue weighted by atomic mass is 10.2. The van der Waals surface area contributed by atoms with Crippen molar-refractivity contribution in [3.63, 3.8) is 0 Å². The topological polar surface area (TPSA) is 38.1 Å². The molecule has 0 spiro atoms. The maximum atomic E-state index is 12.9. The van der Waals surface area contributed by atoms with E-state index in [1.54, 1.807) is 4.90 Å². The molecule has 124 valence electrons. The summed E-state index contributed by atoms with van der Waals surface area (Å²) in [5.41, 5.74) is 3.76. The van der Waals surface area contributed by atoms with Crippen molar-refractivity contribution in [3.8, 4) is 10.4 Å². The summed E-state index contributed by atoms with van der Waals surface area (Å²) in [6.07, 6.45) is 2.87. The molecular formula is C17H15ClFN3OS. The van der Waals surface area contributed by atoms with Crippen LogP contribution < -0.4 is 0 Å². The fourth-order valence-corrected chi connectivity index (χ4v) is 3.97. The van der Waals surface area contributed by atoms with E-state index in [0.717, 1.165) is 31.4 Å². The molecule has 0 atom stereocenters. The Hall–Kier alpha value is -1.92. The zero-order valence-electron chi connectivity index (χ0n) is 13.0. The Morgan fingerprint density at radius 1 is 1.46 bits per heavy atom. The van der Waals surface area contributed by atoms with Crippen molar-refractivity contribution in [2.45, 2.75) is 19.6 Å². The Morgan fingerprint density at radius 2 is 2.25 bits per heavy atom. The number of pyridine rings is 1. The van der Waals surface area contributed by atoms with E-state index in [-0.39, 0.29) is 25.5 Å². The van der Waals surface area contributed by atoms with E-state index in [4.69, 9.17) is 11.6 Å². The van der Waals surface area contributed by atoms with Crippen LogP contribution in [0.5, 0.6) is 0 Å². The molecule has 0 N–H and O–H groups in total. The number of carbonyl (C=O) groups excluding carboxylic acids is 1. The molecule has 0 unspecified atom stereocenters. The molecule has 0 aliphatic carbocycles. The summed E-state index contributed by atoms with van der Waals surface area (Å²) in [6.45, 7) is 2.58. The highest BCUT2D eigenvalue weighted by Gasteiger charge is 2.30. The minimum atomic E-state index is -0.881. The average Bonchev–Trinajstić information content (AvgIpc) is 3.08. The van der Waals surface area contributed by atoms with Crippen LogP contribution in [0.2, 0.25) is 4.34 Å². The molecule has 1 fully saturated rings. The van der Waals surface area contributed by atoms with Crippen LogP contribution in [0.4, 0.5) is 4.39 Å². The largest absolute Gasteiger partial charge is 0.336 e. The lowest BCUT2D eigenvalue weighted by Gasteiger charge is -2.34. The number of hydrogen-bond donors (Lipinski definition) is 0. The van der Waals surface area contributed by atoms with Crippen LogP contribution in [-0.4, -0.2) is 39.6 Å². The van der Waals surface area contributed by atoms with Crippen molar-refractivity contribution in [2.75, 3.05) is 13.1 Å². The van der Waals surface area contributed by atoms with Crippen molar-refractivity contribution in [1.29, 1.82) is 0 Å². The van der Waals surface area contributed by atoms with Crippen molar-refractivity contribution >= 4 is 39.9 Å². The Morgan fingerprint density at radius 3 is 2.92 bits per heavy atom. The van der Waals surface area contributed by atoms with Gasteiger partial charge in [0.05, 0.1) is 28.5 Å². The van der Waals surface area contributed by atoms with Gasteiger partial charge in [-0.15, -0.1) is 11.3 Å². The second-order valence-corrected chi connectivity index (χ2v) is 7.75. The van der Waals surface area contributed by atoms with Crippen molar-refractivity contribution in [3.05, 3.63) is 40.5 Å². The van der Waals surface area contributed by atoms with Crippen LogP contribution in [0.15, 0.2) is 30.6 Å². The fourth-order valence-electron chi connectivity index (χ4n) is 2.95. The van der Waals surface area contributed by atoms with Gasteiger partial charge in [0.1, 0.15) is 12.7 Å². The Labute approximate surface area is 147 Å². The van der Waals surface area contributed by atoms with Gasteiger partial charge in [0.2, 0.25) is 5.91 Å². The molecule has 1 aliphatic heterocycles. The number of rotatable bonds is 3. The number of aryl methyl sites for hydroxylation is 1. The van der Waals surface area contributed by atoms with E-state index in [1.807, 2.05) is 42.1 Å². The third-order valence-corrected chi connectivity index (χ3v) is 5.53. The molecule has 24 heavy (non-hydrogen) atoms. The number of aromatic nitrogens is 2. The van der Waals surface area contributed by atoms with Gasteiger partial charge in [0, 0.05) is 22.8 Å². The van der Waals surface area contributed by atoms with Gasteiger partial charge in [0.15, 0.2) is 0 Å². The molecule has 0 saturated carbocycles. The second kappa shape index (κ2) is 5.86. The van der Waals surface area contributed by atoms with Crippen LogP contribution in [0.1, 0.15) is 5.56 Å². The number of halogens is 2. The van der Waals surface area contributed by atoms with E-state index >= 15 is 0 Å². The standard InChI is InChI=1S/C17H15ClFN3OS/c1-10-6-21(9-16(23)22-7-12(19)8-22)13-4-11(5-20-17(10)13)14-2-3-15(18)24-14/h2-6,12H,7-9H2,1H3. The summed E-state index contributed by atoms with van der Waals surface area (Å²) in [6, 6.07) is 5.85. The first-order valence-corrected chi connectivity index (χ1v) is 8.84. The Balaban J connectivity index is 1.68. The van der Waals surface area contributed by atoms with Crippen LogP contribution in [0.25, 0.3) is 21.5 Å². The molecule has 4 nitrogen and oxygen atoms in total. The number of fused-ring (bicyclic) bond motifs is 1. The highest BCUT2D eigenvalue weighted by molar-refractivity contribution is 7.19. The third kappa shape index (κ3) is 2.70. The van der Waals surface area contributed by atoms with E-state index in [0.29, 0.717) is 0 Å². The minimum absolute atomic E-state index is 0.0645. The van der Waals surface area contributed by atoms with E-state index in [2.05, 4.69) is 4.98 Å². The summed E-state index contributed by atoms with van der Waals surface area (Å²) < 4.78 is 15.6. The normalized spacial score (nSPS) is 15.0. The molecule has 4 heterocycles. The number of amides is 1. The molecule has 0 aromatic carbocycles. The third-order valence-electron chi connectivity index (χ3n) is 4.25. The molecule has 1 amide bonds. The van der Waals surface area contributed by atoms with Gasteiger partial charge in [-0.2, -0.15) is 0 Å². The van der Waals surface area contributed by atoms with Crippen LogP contribution in [0, 0.1) is 6.92 Å². The minimum Gasteiger partial charge on any atom is -0.336 e. The maximum Gasteiger partial charge on any atom is 0.242 e. The predicted octanol–water partition coefficient (Wildman–Crippen LogP) is 3.91. The summed E-state index contributed by atoms with van der Waals surface area (Å²) >= 11 is 7.51. The SMILES string of the molecule is Cc1cn(CC(=O)N2CC(F)C2)c2cc(-c3ccc(Cl)s3)cnc12. The van der Waals surface area contributed by atoms with E-state index < -0.39 is 6.17 Å². The number of carbonyl (C=O) groups is 1. The number of alkyl halides is 1. The van der Waals surface area contributed by atoms with Crippen molar-refractivity contribution in [1.82, 2.24) is 14.5 Å². The van der Waals surface area contributed by atoms with Crippen LogP contribution in [-0.2, 0) is 11.3 Å². The highest BCUT2D eigenvalue weighted by atomic mass is 35.5. The Kier molecular flexibility index (Phi) is 3.81. The van der Waals surface area contributed by atoms with Crippen molar-refractivity contribution < 1.29 is 9.18 Å². The monoisotopic (exact) mass is 363 g/mol. The first kappa shape index (κ1) is 15.6. The molecule has 4 rings (SSSR count). The molecule has 0 bridgehead atoms. The first-order valence-electron chi connectivity index (χ1n) is 7.64. The van der Waals surface area contributed by atoms with Gasteiger partial charge in [-0.25, -0.2) is 4.39 Å². The first-order chi connectivity index (χ1) is 11.5. The van der Waals surface area contributed by atoms with Crippen LogP contribution >= 0.6 is 22.9 Å². The van der Waals surface area contributed by atoms with E-state index in [1.165, 1.54) is 11.3 Å². The zero-order chi connectivity index (χ0) is 16.8. The smallest absolute Gasteiger partial charge is 0.242 e. The lowest BCUT2D eigenvalue weighted by Crippen LogP contribution is -2.52. The summed E-state index contributed by atoms with van der Waals surface area (Å²) in [4.78, 5) is 19.4. The van der Waals surface area contributed by atoms with Gasteiger partial charge in [-0.05, 0) is 30.7 Å². The number of thiophene rings is 1. The number of hydrogen-bond acceptors (Lipinski definition) is 3.